The van der Waals surface area contributed by atoms with Crippen molar-refractivity contribution < 1.29 is 9.59 Å². The minimum Gasteiger partial charge on any atom is -0.350 e. The van der Waals surface area contributed by atoms with Crippen molar-refractivity contribution in [1.29, 1.82) is 0 Å². The SMILES string of the molecule is CN(C)CCN(C(=O)Cc1cn2c(C(=O)NC[C@@H]3CC[C@@H]4C[C@H]3C4(C)C)cccc2n1)C1CCNCC1(C)C. The summed E-state index contributed by atoms with van der Waals surface area (Å²) in [6, 6.07) is 5.81. The number of likely N-dealkylation sites (N-methyl/N-ethyl adjacent to an activating group) is 1. The molecule has 39 heavy (non-hydrogen) atoms. The third-order valence-corrected chi connectivity index (χ3v) is 10.2. The van der Waals surface area contributed by atoms with Crippen LogP contribution in [0, 0.1) is 28.6 Å². The van der Waals surface area contributed by atoms with E-state index in [2.05, 4.69) is 48.1 Å². The van der Waals surface area contributed by atoms with Gasteiger partial charge in [-0.25, -0.2) is 4.98 Å². The van der Waals surface area contributed by atoms with Gasteiger partial charge in [0.25, 0.3) is 5.91 Å². The second kappa shape index (κ2) is 10.8. The lowest BCUT2D eigenvalue weighted by Gasteiger charge is -2.60. The predicted octanol–water partition coefficient (Wildman–Crippen LogP) is 3.46. The number of nitrogens with one attached hydrogen (secondary N) is 2. The van der Waals surface area contributed by atoms with Crippen molar-refractivity contribution in [2.45, 2.75) is 65.8 Å². The molecule has 8 nitrogen and oxygen atoms in total. The molecule has 6 rings (SSSR count). The molecule has 2 bridgehead atoms. The van der Waals surface area contributed by atoms with Crippen LogP contribution in [-0.2, 0) is 11.2 Å². The van der Waals surface area contributed by atoms with Crippen LogP contribution in [0.4, 0.5) is 0 Å². The Labute approximate surface area is 233 Å². The number of carbonyl (C=O) groups is 2. The summed E-state index contributed by atoms with van der Waals surface area (Å²) in [5.74, 6) is 2.15. The molecular formula is C31H48N6O2. The maximum absolute atomic E-state index is 13.7. The minimum atomic E-state index is -0.0702. The van der Waals surface area contributed by atoms with Gasteiger partial charge in [-0.05, 0) is 87.0 Å². The fourth-order valence-corrected chi connectivity index (χ4v) is 7.61. The van der Waals surface area contributed by atoms with Crippen LogP contribution in [-0.4, -0.2) is 83.9 Å². The summed E-state index contributed by atoms with van der Waals surface area (Å²) < 4.78 is 1.85. The summed E-state index contributed by atoms with van der Waals surface area (Å²) >= 11 is 0. The number of amides is 2. The zero-order chi connectivity index (χ0) is 27.9. The molecule has 1 saturated heterocycles. The van der Waals surface area contributed by atoms with Crippen molar-refractivity contribution in [3.05, 3.63) is 35.8 Å². The van der Waals surface area contributed by atoms with Gasteiger partial charge in [0.15, 0.2) is 0 Å². The number of hydrogen-bond donors (Lipinski definition) is 2. The first-order valence-electron chi connectivity index (χ1n) is 14.9. The lowest BCUT2D eigenvalue weighted by atomic mass is 9.45. The van der Waals surface area contributed by atoms with Crippen LogP contribution in [0.15, 0.2) is 24.4 Å². The summed E-state index contributed by atoms with van der Waals surface area (Å²) in [5, 5.41) is 6.71. The first-order valence-corrected chi connectivity index (χ1v) is 14.9. The van der Waals surface area contributed by atoms with Crippen LogP contribution in [0.2, 0.25) is 0 Å². The van der Waals surface area contributed by atoms with Crippen LogP contribution >= 0.6 is 0 Å². The average molecular weight is 537 g/mol. The quantitative estimate of drug-likeness (QED) is 0.513. The molecule has 214 valence electrons. The number of aromatic nitrogens is 2. The smallest absolute Gasteiger partial charge is 0.268 e. The van der Waals surface area contributed by atoms with Gasteiger partial charge in [0, 0.05) is 38.4 Å². The van der Waals surface area contributed by atoms with Crippen molar-refractivity contribution in [3.8, 4) is 0 Å². The Morgan fingerprint density at radius 2 is 1.92 bits per heavy atom. The largest absolute Gasteiger partial charge is 0.350 e. The Morgan fingerprint density at radius 1 is 1.13 bits per heavy atom. The first-order chi connectivity index (χ1) is 18.5. The van der Waals surface area contributed by atoms with Crippen molar-refractivity contribution in [2.75, 3.05) is 46.8 Å². The van der Waals surface area contributed by atoms with Gasteiger partial charge >= 0.3 is 0 Å². The second-order valence-electron chi connectivity index (χ2n) is 13.8. The highest BCUT2D eigenvalue weighted by atomic mass is 16.2. The normalized spacial score (nSPS) is 27.3. The van der Waals surface area contributed by atoms with Gasteiger partial charge < -0.3 is 20.4 Å². The van der Waals surface area contributed by atoms with Gasteiger partial charge in [-0.2, -0.15) is 0 Å². The molecule has 4 fully saturated rings. The van der Waals surface area contributed by atoms with Crippen LogP contribution in [0.5, 0.6) is 0 Å². The molecule has 0 radical (unpaired) electrons. The van der Waals surface area contributed by atoms with Crippen LogP contribution in [0.3, 0.4) is 0 Å². The molecule has 2 aromatic rings. The average Bonchev–Trinajstić information content (AvgIpc) is 3.30. The molecule has 0 spiro atoms. The zero-order valence-electron chi connectivity index (χ0n) is 24.8. The molecule has 0 aromatic carbocycles. The number of hydrogen-bond acceptors (Lipinski definition) is 5. The van der Waals surface area contributed by atoms with Gasteiger partial charge in [0.2, 0.25) is 5.91 Å². The lowest BCUT2D eigenvalue weighted by molar-refractivity contribution is -0.136. The first kappa shape index (κ1) is 28.1. The van der Waals surface area contributed by atoms with E-state index in [9.17, 15) is 9.59 Å². The van der Waals surface area contributed by atoms with Crippen molar-refractivity contribution in [2.24, 2.45) is 28.6 Å². The lowest BCUT2D eigenvalue weighted by Crippen LogP contribution is -2.57. The number of pyridine rings is 1. The van der Waals surface area contributed by atoms with E-state index < -0.39 is 0 Å². The maximum atomic E-state index is 13.7. The molecule has 2 N–H and O–H groups in total. The molecule has 2 amide bonds. The third-order valence-electron chi connectivity index (χ3n) is 10.2. The molecule has 4 aliphatic rings. The summed E-state index contributed by atoms with van der Waals surface area (Å²) in [6.07, 6.45) is 6.84. The fraction of sp³-hybridized carbons (Fsp3) is 0.710. The Hall–Kier alpha value is -2.45. The molecule has 3 saturated carbocycles. The molecule has 3 aliphatic carbocycles. The summed E-state index contributed by atoms with van der Waals surface area (Å²) in [4.78, 5) is 36.0. The number of carbonyl (C=O) groups excluding carboxylic acids is 2. The number of imidazole rings is 1. The fourth-order valence-electron chi connectivity index (χ4n) is 7.61. The summed E-state index contributed by atoms with van der Waals surface area (Å²) in [5.41, 5.74) is 2.38. The topological polar surface area (TPSA) is 82.0 Å². The van der Waals surface area contributed by atoms with E-state index in [4.69, 9.17) is 4.98 Å². The molecule has 3 heterocycles. The van der Waals surface area contributed by atoms with Gasteiger partial charge in [0.1, 0.15) is 11.3 Å². The Balaban J connectivity index is 1.29. The van der Waals surface area contributed by atoms with E-state index >= 15 is 0 Å². The van der Waals surface area contributed by atoms with E-state index in [0.717, 1.165) is 38.5 Å². The standard InChI is InChI=1S/C31H48N6O2/c1-30(2)20-32-13-12-26(30)36(15-14-35(5)6)28(38)17-23-19-37-25(8-7-9-27(37)34-23)29(39)33-18-21-10-11-22-16-24(21)31(22,3)4/h7-9,19,21-22,24,26,32H,10-18,20H2,1-6H3,(H,33,39)/t21-,22+,24+,26?/m0/s1. The van der Waals surface area contributed by atoms with Gasteiger partial charge in [0.05, 0.1) is 12.1 Å². The van der Waals surface area contributed by atoms with Crippen molar-refractivity contribution in [3.63, 3.8) is 0 Å². The van der Waals surface area contributed by atoms with Crippen LogP contribution < -0.4 is 10.6 Å². The molecule has 4 atom stereocenters. The van der Waals surface area contributed by atoms with Crippen molar-refractivity contribution in [1.82, 2.24) is 29.8 Å². The Kier molecular flexibility index (Phi) is 7.81. The number of rotatable bonds is 9. The van der Waals surface area contributed by atoms with Crippen LogP contribution in [0.25, 0.3) is 5.65 Å². The minimum absolute atomic E-state index is 0.00165. The highest BCUT2D eigenvalue weighted by molar-refractivity contribution is 5.93. The second-order valence-corrected chi connectivity index (χ2v) is 13.8. The van der Waals surface area contributed by atoms with Gasteiger partial charge in [-0.15, -0.1) is 0 Å². The zero-order valence-corrected chi connectivity index (χ0v) is 24.8. The molecule has 1 unspecified atom stereocenters. The monoisotopic (exact) mass is 536 g/mol. The molecule has 8 heteroatoms. The Morgan fingerprint density at radius 3 is 2.62 bits per heavy atom. The summed E-state index contributed by atoms with van der Waals surface area (Å²) in [7, 11) is 4.09. The van der Waals surface area contributed by atoms with Crippen molar-refractivity contribution >= 4 is 17.5 Å². The predicted molar refractivity (Wildman–Crippen MR) is 155 cm³/mol. The highest BCUT2D eigenvalue weighted by Gasteiger charge is 2.54. The number of piperidine rings is 1. The van der Waals surface area contributed by atoms with E-state index in [1.54, 1.807) is 0 Å². The number of nitrogens with zero attached hydrogens (tertiary/aromatic N) is 4. The molecule has 1 aliphatic heterocycles. The third kappa shape index (κ3) is 5.60. The van der Waals surface area contributed by atoms with E-state index in [1.165, 1.54) is 19.3 Å². The highest BCUT2D eigenvalue weighted by Crippen LogP contribution is 2.61. The Bertz CT molecular complexity index is 1200. The van der Waals surface area contributed by atoms with Gasteiger partial charge in [-0.1, -0.05) is 33.8 Å². The maximum Gasteiger partial charge on any atom is 0.268 e. The summed E-state index contributed by atoms with van der Waals surface area (Å²) in [6.45, 7) is 13.3. The molecular weight excluding hydrogens is 488 g/mol. The number of fused-ring (bicyclic) bond motifs is 3. The van der Waals surface area contributed by atoms with Gasteiger partial charge in [-0.3, -0.25) is 14.0 Å². The van der Waals surface area contributed by atoms with E-state index in [-0.39, 0.29) is 29.7 Å². The van der Waals surface area contributed by atoms with Crippen LogP contribution in [0.1, 0.15) is 69.6 Å². The van der Waals surface area contributed by atoms with E-state index in [1.807, 2.05) is 42.9 Å². The molecule has 2 aromatic heterocycles. The van der Waals surface area contributed by atoms with E-state index in [0.29, 0.717) is 40.8 Å².